The highest BCUT2D eigenvalue weighted by molar-refractivity contribution is 5.85. The maximum absolute atomic E-state index is 11.9. The van der Waals surface area contributed by atoms with Crippen LogP contribution >= 0.6 is 12.4 Å². The first kappa shape index (κ1) is 16.8. The van der Waals surface area contributed by atoms with Crippen LogP contribution in [0.15, 0.2) is 24.3 Å². The number of amides is 1. The summed E-state index contributed by atoms with van der Waals surface area (Å²) in [6.07, 6.45) is 2.73. The predicted octanol–water partition coefficient (Wildman–Crippen LogP) is 2.42. The van der Waals surface area contributed by atoms with E-state index in [2.05, 4.69) is 5.32 Å². The Morgan fingerprint density at radius 1 is 1.40 bits per heavy atom. The molecule has 112 valence electrons. The lowest BCUT2D eigenvalue weighted by atomic mass is 10.0. The molecular weight excluding hydrogens is 276 g/mol. The fraction of sp³-hybridized carbons (Fsp3) is 0.533. The molecule has 1 aliphatic carbocycles. The smallest absolute Gasteiger partial charge is 0.222 e. The van der Waals surface area contributed by atoms with Crippen molar-refractivity contribution in [3.63, 3.8) is 0 Å². The molecule has 20 heavy (non-hydrogen) atoms. The quantitative estimate of drug-likeness (QED) is 0.848. The summed E-state index contributed by atoms with van der Waals surface area (Å²) < 4.78 is 5.15. The fourth-order valence-electron chi connectivity index (χ4n) is 2.24. The van der Waals surface area contributed by atoms with Crippen LogP contribution < -0.4 is 15.8 Å². The third-order valence-electron chi connectivity index (χ3n) is 3.39. The SMILES string of the molecule is COc1ccc(C(NC(=O)CC(C)N)C2CC2)cc1.Cl. The maximum Gasteiger partial charge on any atom is 0.222 e. The van der Waals surface area contributed by atoms with Gasteiger partial charge in [-0.3, -0.25) is 4.79 Å². The van der Waals surface area contributed by atoms with Gasteiger partial charge in [0.2, 0.25) is 5.91 Å². The van der Waals surface area contributed by atoms with Crippen LogP contribution in [0.5, 0.6) is 5.75 Å². The van der Waals surface area contributed by atoms with Crippen molar-refractivity contribution in [1.29, 1.82) is 0 Å². The number of hydrogen-bond acceptors (Lipinski definition) is 3. The molecule has 1 aromatic carbocycles. The number of nitrogens with two attached hydrogens (primary N) is 1. The molecule has 2 rings (SSSR count). The Labute approximate surface area is 126 Å². The third kappa shape index (κ3) is 4.69. The highest BCUT2D eigenvalue weighted by atomic mass is 35.5. The van der Waals surface area contributed by atoms with E-state index in [0.29, 0.717) is 12.3 Å². The molecule has 5 heteroatoms. The molecule has 0 aliphatic heterocycles. The van der Waals surface area contributed by atoms with Gasteiger partial charge in [0, 0.05) is 12.5 Å². The average molecular weight is 299 g/mol. The topological polar surface area (TPSA) is 64.3 Å². The highest BCUT2D eigenvalue weighted by Gasteiger charge is 2.33. The molecule has 3 N–H and O–H groups in total. The number of ether oxygens (including phenoxy) is 1. The zero-order valence-corrected chi connectivity index (χ0v) is 12.8. The molecule has 4 nitrogen and oxygen atoms in total. The molecule has 2 unspecified atom stereocenters. The largest absolute Gasteiger partial charge is 0.497 e. The van der Waals surface area contributed by atoms with Crippen molar-refractivity contribution in [3.8, 4) is 5.75 Å². The summed E-state index contributed by atoms with van der Waals surface area (Å²) in [6, 6.07) is 7.92. The van der Waals surface area contributed by atoms with E-state index in [0.717, 1.165) is 11.3 Å². The van der Waals surface area contributed by atoms with Gasteiger partial charge in [-0.25, -0.2) is 0 Å². The standard InChI is InChI=1S/C15H22N2O2.ClH/c1-10(16)9-14(18)17-15(11-3-4-11)12-5-7-13(19-2)8-6-12;/h5-8,10-11,15H,3-4,9,16H2,1-2H3,(H,17,18);1H. The first-order chi connectivity index (χ1) is 9.10. The number of hydrogen-bond donors (Lipinski definition) is 2. The zero-order chi connectivity index (χ0) is 13.8. The van der Waals surface area contributed by atoms with Gasteiger partial charge in [-0.05, 0) is 43.4 Å². The lowest BCUT2D eigenvalue weighted by Gasteiger charge is -2.19. The minimum atomic E-state index is -0.101. The Hall–Kier alpha value is -1.26. The van der Waals surface area contributed by atoms with Crippen LogP contribution in [-0.4, -0.2) is 19.1 Å². The van der Waals surface area contributed by atoms with Crippen molar-refractivity contribution in [1.82, 2.24) is 5.32 Å². The summed E-state index contributed by atoms with van der Waals surface area (Å²) >= 11 is 0. The van der Waals surface area contributed by atoms with Gasteiger partial charge < -0.3 is 15.8 Å². The normalized spacial score (nSPS) is 16.8. The molecule has 1 aromatic rings. The van der Waals surface area contributed by atoms with Gasteiger partial charge in [-0.2, -0.15) is 0 Å². The maximum atomic E-state index is 11.9. The van der Waals surface area contributed by atoms with E-state index in [-0.39, 0.29) is 30.4 Å². The van der Waals surface area contributed by atoms with E-state index in [1.54, 1.807) is 7.11 Å². The number of carbonyl (C=O) groups excluding carboxylic acids is 1. The number of nitrogens with one attached hydrogen (secondary N) is 1. The Bertz CT molecular complexity index is 430. The highest BCUT2D eigenvalue weighted by Crippen LogP contribution is 2.41. The minimum absolute atomic E-state index is 0. The molecule has 0 heterocycles. The summed E-state index contributed by atoms with van der Waals surface area (Å²) in [5, 5.41) is 3.10. The van der Waals surface area contributed by atoms with Crippen molar-refractivity contribution in [3.05, 3.63) is 29.8 Å². The summed E-state index contributed by atoms with van der Waals surface area (Å²) in [5.41, 5.74) is 6.80. The van der Waals surface area contributed by atoms with Gasteiger partial charge in [0.1, 0.15) is 5.75 Å². The van der Waals surface area contributed by atoms with Crippen molar-refractivity contribution in [2.24, 2.45) is 11.7 Å². The van der Waals surface area contributed by atoms with Crippen LogP contribution in [0.3, 0.4) is 0 Å². The molecule has 1 saturated carbocycles. The van der Waals surface area contributed by atoms with E-state index >= 15 is 0 Å². The van der Waals surface area contributed by atoms with E-state index in [1.807, 2.05) is 31.2 Å². The Morgan fingerprint density at radius 2 is 2.00 bits per heavy atom. The van der Waals surface area contributed by atoms with Gasteiger partial charge in [-0.15, -0.1) is 12.4 Å². The second-order valence-electron chi connectivity index (χ2n) is 5.34. The lowest BCUT2D eigenvalue weighted by Crippen LogP contribution is -2.33. The lowest BCUT2D eigenvalue weighted by molar-refractivity contribution is -0.122. The summed E-state index contributed by atoms with van der Waals surface area (Å²) in [7, 11) is 1.65. The number of benzene rings is 1. The third-order valence-corrected chi connectivity index (χ3v) is 3.39. The first-order valence-electron chi connectivity index (χ1n) is 6.79. The van der Waals surface area contributed by atoms with Gasteiger partial charge in [-0.1, -0.05) is 12.1 Å². The van der Waals surface area contributed by atoms with Crippen LogP contribution in [-0.2, 0) is 4.79 Å². The fourth-order valence-corrected chi connectivity index (χ4v) is 2.24. The molecule has 0 aromatic heterocycles. The molecule has 2 atom stereocenters. The van der Waals surface area contributed by atoms with E-state index in [9.17, 15) is 4.79 Å². The number of rotatable bonds is 6. The molecule has 1 aliphatic rings. The van der Waals surface area contributed by atoms with E-state index < -0.39 is 0 Å². The van der Waals surface area contributed by atoms with Gasteiger partial charge in [0.15, 0.2) is 0 Å². The van der Waals surface area contributed by atoms with E-state index in [1.165, 1.54) is 12.8 Å². The van der Waals surface area contributed by atoms with Crippen molar-refractivity contribution in [2.75, 3.05) is 7.11 Å². The van der Waals surface area contributed by atoms with Gasteiger partial charge in [0.25, 0.3) is 0 Å². The molecule has 1 amide bonds. The predicted molar refractivity (Wildman–Crippen MR) is 82.1 cm³/mol. The number of methoxy groups -OCH3 is 1. The van der Waals surface area contributed by atoms with Crippen molar-refractivity contribution in [2.45, 2.75) is 38.3 Å². The monoisotopic (exact) mass is 298 g/mol. The van der Waals surface area contributed by atoms with Crippen LogP contribution in [0.2, 0.25) is 0 Å². The first-order valence-corrected chi connectivity index (χ1v) is 6.79. The van der Waals surface area contributed by atoms with Crippen LogP contribution in [0.1, 0.15) is 37.8 Å². The zero-order valence-electron chi connectivity index (χ0n) is 12.0. The van der Waals surface area contributed by atoms with Crippen molar-refractivity contribution < 1.29 is 9.53 Å². The van der Waals surface area contributed by atoms with Gasteiger partial charge in [0.05, 0.1) is 13.2 Å². The average Bonchev–Trinajstić information content (AvgIpc) is 3.19. The number of halogens is 1. The second kappa shape index (κ2) is 7.50. The molecule has 0 radical (unpaired) electrons. The summed E-state index contributed by atoms with van der Waals surface area (Å²) in [4.78, 5) is 11.9. The Morgan fingerprint density at radius 3 is 2.45 bits per heavy atom. The second-order valence-corrected chi connectivity index (χ2v) is 5.34. The minimum Gasteiger partial charge on any atom is -0.497 e. The van der Waals surface area contributed by atoms with Crippen LogP contribution in [0, 0.1) is 5.92 Å². The number of carbonyl (C=O) groups is 1. The summed E-state index contributed by atoms with van der Waals surface area (Å²) in [5.74, 6) is 1.42. The van der Waals surface area contributed by atoms with E-state index in [4.69, 9.17) is 10.5 Å². The Balaban J connectivity index is 0.00000200. The van der Waals surface area contributed by atoms with Crippen molar-refractivity contribution >= 4 is 18.3 Å². The molecule has 0 bridgehead atoms. The van der Waals surface area contributed by atoms with Crippen LogP contribution in [0.25, 0.3) is 0 Å². The summed E-state index contributed by atoms with van der Waals surface area (Å²) in [6.45, 7) is 1.85. The molecule has 1 fully saturated rings. The Kier molecular flexibility index (Phi) is 6.30. The van der Waals surface area contributed by atoms with Crippen LogP contribution in [0.4, 0.5) is 0 Å². The molecule has 0 saturated heterocycles. The molecule has 0 spiro atoms. The van der Waals surface area contributed by atoms with Gasteiger partial charge >= 0.3 is 0 Å². The molecular formula is C15H23ClN2O2.